The molecule has 2 aromatic rings. The number of carbonyl (C=O) groups excluding carboxylic acids is 1. The predicted octanol–water partition coefficient (Wildman–Crippen LogP) is 3.34. The summed E-state index contributed by atoms with van der Waals surface area (Å²) in [6.45, 7) is 9.28. The van der Waals surface area contributed by atoms with Crippen molar-refractivity contribution in [1.82, 2.24) is 9.80 Å². The van der Waals surface area contributed by atoms with E-state index >= 15 is 0 Å². The molecule has 2 aromatic carbocycles. The smallest absolute Gasteiger partial charge is 0.259 e. The van der Waals surface area contributed by atoms with Crippen LogP contribution in [0.15, 0.2) is 59.6 Å². The van der Waals surface area contributed by atoms with Gasteiger partial charge in [0.05, 0.1) is 5.69 Å². The molecule has 2 aliphatic rings. The molecule has 0 aliphatic carbocycles. The molecule has 1 atom stereocenters. The minimum atomic E-state index is -0.359. The highest BCUT2D eigenvalue weighted by Gasteiger charge is 2.39. The number of anilines is 1. The van der Waals surface area contributed by atoms with Crippen molar-refractivity contribution in [2.45, 2.75) is 32.7 Å². The van der Waals surface area contributed by atoms with Gasteiger partial charge in [0.15, 0.2) is 0 Å². The molecule has 5 nitrogen and oxygen atoms in total. The lowest BCUT2D eigenvalue weighted by molar-refractivity contribution is -0.118. The van der Waals surface area contributed by atoms with E-state index in [1.54, 1.807) is 0 Å². The Morgan fingerprint density at radius 2 is 1.66 bits per heavy atom. The van der Waals surface area contributed by atoms with E-state index in [0.717, 1.165) is 49.9 Å². The standard InChI is InChI=1S/C24H30N4O/c1-3-13-26-14-16-27(17-15-26)24-25-22(18-20-7-5-4-6-8-20)23(29)28(24)21-11-9-19(2)10-12-21/h4-12,22H,3,13-18H2,1-2H3. The van der Waals surface area contributed by atoms with Crippen molar-refractivity contribution >= 4 is 17.6 Å². The molecule has 1 fully saturated rings. The molecular formula is C24H30N4O. The summed E-state index contributed by atoms with van der Waals surface area (Å²) in [6.07, 6.45) is 1.81. The van der Waals surface area contributed by atoms with Gasteiger partial charge in [-0.1, -0.05) is 55.0 Å². The van der Waals surface area contributed by atoms with Gasteiger partial charge in [0.1, 0.15) is 6.04 Å². The molecule has 0 saturated carbocycles. The van der Waals surface area contributed by atoms with Crippen molar-refractivity contribution in [2.24, 2.45) is 4.99 Å². The molecular weight excluding hydrogens is 360 g/mol. The first-order valence-electron chi connectivity index (χ1n) is 10.7. The lowest BCUT2D eigenvalue weighted by Gasteiger charge is -2.37. The van der Waals surface area contributed by atoms with E-state index in [1.165, 1.54) is 12.0 Å². The van der Waals surface area contributed by atoms with Crippen LogP contribution in [0.5, 0.6) is 0 Å². The number of amides is 1. The highest BCUT2D eigenvalue weighted by molar-refractivity contribution is 6.22. The van der Waals surface area contributed by atoms with Crippen molar-refractivity contribution < 1.29 is 4.79 Å². The zero-order valence-electron chi connectivity index (χ0n) is 17.4. The number of aliphatic imine (C=N–C) groups is 1. The van der Waals surface area contributed by atoms with Crippen molar-refractivity contribution in [3.05, 3.63) is 65.7 Å². The third-order valence-electron chi connectivity index (χ3n) is 5.74. The van der Waals surface area contributed by atoms with Gasteiger partial charge in [0.2, 0.25) is 5.96 Å². The van der Waals surface area contributed by atoms with Gasteiger partial charge >= 0.3 is 0 Å². The molecule has 0 aromatic heterocycles. The third kappa shape index (κ3) is 4.35. The fraction of sp³-hybridized carbons (Fsp3) is 0.417. The zero-order valence-corrected chi connectivity index (χ0v) is 17.4. The van der Waals surface area contributed by atoms with Gasteiger partial charge in [-0.15, -0.1) is 0 Å². The van der Waals surface area contributed by atoms with E-state index in [9.17, 15) is 4.79 Å². The monoisotopic (exact) mass is 390 g/mol. The van der Waals surface area contributed by atoms with E-state index in [2.05, 4.69) is 47.9 Å². The minimum absolute atomic E-state index is 0.0729. The average Bonchev–Trinajstić information content (AvgIpc) is 3.06. The molecule has 2 aliphatic heterocycles. The second-order valence-corrected chi connectivity index (χ2v) is 7.97. The van der Waals surface area contributed by atoms with Crippen LogP contribution in [-0.2, 0) is 11.2 Å². The fourth-order valence-electron chi connectivity index (χ4n) is 4.12. The van der Waals surface area contributed by atoms with Gasteiger partial charge in [-0.2, -0.15) is 0 Å². The number of carbonyl (C=O) groups is 1. The highest BCUT2D eigenvalue weighted by atomic mass is 16.2. The lowest BCUT2D eigenvalue weighted by Crippen LogP contribution is -2.53. The van der Waals surface area contributed by atoms with Gasteiger partial charge in [-0.25, -0.2) is 9.89 Å². The Morgan fingerprint density at radius 3 is 2.31 bits per heavy atom. The number of hydrogen-bond acceptors (Lipinski definition) is 4. The SMILES string of the molecule is CCCN1CCN(C2=NC(Cc3ccccc3)C(=O)N2c2ccc(C)cc2)CC1. The zero-order chi connectivity index (χ0) is 20.2. The maximum Gasteiger partial charge on any atom is 0.259 e. The Bertz CT molecular complexity index is 854. The van der Waals surface area contributed by atoms with Gasteiger partial charge in [-0.05, 0) is 37.6 Å². The van der Waals surface area contributed by atoms with E-state index < -0.39 is 0 Å². The van der Waals surface area contributed by atoms with Crippen LogP contribution < -0.4 is 4.90 Å². The number of benzene rings is 2. The first-order valence-corrected chi connectivity index (χ1v) is 10.7. The molecule has 29 heavy (non-hydrogen) atoms. The summed E-state index contributed by atoms with van der Waals surface area (Å²) >= 11 is 0. The van der Waals surface area contributed by atoms with Crippen LogP contribution in [0.3, 0.4) is 0 Å². The third-order valence-corrected chi connectivity index (χ3v) is 5.74. The van der Waals surface area contributed by atoms with Crippen LogP contribution in [-0.4, -0.2) is 60.4 Å². The average molecular weight is 391 g/mol. The van der Waals surface area contributed by atoms with Gasteiger partial charge in [-0.3, -0.25) is 9.69 Å². The molecule has 152 valence electrons. The summed E-state index contributed by atoms with van der Waals surface area (Å²) in [5.41, 5.74) is 3.24. The molecule has 1 saturated heterocycles. The van der Waals surface area contributed by atoms with Gasteiger partial charge in [0, 0.05) is 32.6 Å². The molecule has 0 spiro atoms. The van der Waals surface area contributed by atoms with Gasteiger partial charge < -0.3 is 4.90 Å². The Hall–Kier alpha value is -2.66. The predicted molar refractivity (Wildman–Crippen MR) is 118 cm³/mol. The van der Waals surface area contributed by atoms with Crippen LogP contribution in [0, 0.1) is 6.92 Å². The number of aryl methyl sites for hydroxylation is 1. The normalized spacial score (nSPS) is 20.3. The fourth-order valence-corrected chi connectivity index (χ4v) is 4.12. The maximum absolute atomic E-state index is 13.4. The Morgan fingerprint density at radius 1 is 0.966 bits per heavy atom. The van der Waals surface area contributed by atoms with Crippen LogP contribution in [0.1, 0.15) is 24.5 Å². The molecule has 0 N–H and O–H groups in total. The molecule has 0 radical (unpaired) electrons. The minimum Gasteiger partial charge on any atom is -0.340 e. The Labute approximate surface area is 173 Å². The first-order chi connectivity index (χ1) is 14.2. The van der Waals surface area contributed by atoms with Crippen molar-refractivity contribution in [3.63, 3.8) is 0 Å². The summed E-state index contributed by atoms with van der Waals surface area (Å²) < 4.78 is 0. The number of guanidine groups is 1. The van der Waals surface area contributed by atoms with Crippen LogP contribution in [0.2, 0.25) is 0 Å². The molecule has 2 heterocycles. The first kappa shape index (κ1) is 19.6. The summed E-state index contributed by atoms with van der Waals surface area (Å²) in [5.74, 6) is 0.889. The summed E-state index contributed by atoms with van der Waals surface area (Å²) in [4.78, 5) is 24.9. The van der Waals surface area contributed by atoms with Crippen LogP contribution in [0.25, 0.3) is 0 Å². The molecule has 1 amide bonds. The second kappa shape index (κ2) is 8.78. The van der Waals surface area contributed by atoms with Crippen molar-refractivity contribution in [1.29, 1.82) is 0 Å². The molecule has 4 rings (SSSR count). The summed E-state index contributed by atoms with van der Waals surface area (Å²) in [5, 5.41) is 0. The van der Waals surface area contributed by atoms with Crippen LogP contribution in [0.4, 0.5) is 5.69 Å². The molecule has 1 unspecified atom stereocenters. The summed E-state index contributed by atoms with van der Waals surface area (Å²) in [7, 11) is 0. The van der Waals surface area contributed by atoms with Crippen LogP contribution >= 0.6 is 0 Å². The number of rotatable bonds is 5. The quantitative estimate of drug-likeness (QED) is 0.786. The molecule has 5 heteroatoms. The lowest BCUT2D eigenvalue weighted by atomic mass is 10.1. The Balaban J connectivity index is 1.59. The summed E-state index contributed by atoms with van der Waals surface area (Å²) in [6, 6.07) is 18.0. The molecule has 0 bridgehead atoms. The van der Waals surface area contributed by atoms with Crippen molar-refractivity contribution in [3.8, 4) is 0 Å². The largest absolute Gasteiger partial charge is 0.340 e. The van der Waals surface area contributed by atoms with Gasteiger partial charge in [0.25, 0.3) is 5.91 Å². The second-order valence-electron chi connectivity index (χ2n) is 7.97. The topological polar surface area (TPSA) is 39.1 Å². The number of hydrogen-bond donors (Lipinski definition) is 0. The number of nitrogens with zero attached hydrogens (tertiary/aromatic N) is 4. The van der Waals surface area contributed by atoms with E-state index in [-0.39, 0.29) is 11.9 Å². The number of piperazine rings is 1. The van der Waals surface area contributed by atoms with Crippen molar-refractivity contribution in [2.75, 3.05) is 37.6 Å². The van der Waals surface area contributed by atoms with E-state index in [0.29, 0.717) is 6.42 Å². The Kier molecular flexibility index (Phi) is 5.95. The maximum atomic E-state index is 13.4. The van der Waals surface area contributed by atoms with E-state index in [4.69, 9.17) is 4.99 Å². The highest BCUT2D eigenvalue weighted by Crippen LogP contribution is 2.26. The van der Waals surface area contributed by atoms with E-state index in [1.807, 2.05) is 35.2 Å².